The molecule has 4 heteroatoms. The van der Waals surface area contributed by atoms with E-state index < -0.39 is 0 Å². The molecule has 0 aromatic heterocycles. The van der Waals surface area contributed by atoms with E-state index in [-0.39, 0.29) is 6.04 Å². The lowest BCUT2D eigenvalue weighted by Crippen LogP contribution is -2.38. The average molecular weight is 326 g/mol. The molecule has 0 saturated carbocycles. The van der Waals surface area contributed by atoms with Crippen molar-refractivity contribution in [1.82, 2.24) is 4.90 Å². The molecule has 1 aliphatic heterocycles. The zero-order valence-electron chi connectivity index (χ0n) is 12.1. The summed E-state index contributed by atoms with van der Waals surface area (Å²) in [6.45, 7) is 7.73. The molecule has 1 fully saturated rings. The molecular formula is C15H24BrN3. The third-order valence-electron chi connectivity index (χ3n) is 3.84. The van der Waals surface area contributed by atoms with Crippen molar-refractivity contribution in [2.45, 2.75) is 32.4 Å². The summed E-state index contributed by atoms with van der Waals surface area (Å²) in [5, 5.41) is 0. The van der Waals surface area contributed by atoms with Gasteiger partial charge < -0.3 is 15.5 Å². The van der Waals surface area contributed by atoms with Crippen LogP contribution in [0.1, 0.15) is 31.9 Å². The summed E-state index contributed by atoms with van der Waals surface area (Å²) in [6, 6.07) is 7.01. The second-order valence-corrected chi connectivity index (χ2v) is 6.57. The van der Waals surface area contributed by atoms with Gasteiger partial charge in [-0.3, -0.25) is 0 Å². The van der Waals surface area contributed by atoms with Gasteiger partial charge in [-0.25, -0.2) is 0 Å². The van der Waals surface area contributed by atoms with E-state index >= 15 is 0 Å². The Morgan fingerprint density at radius 1 is 1.37 bits per heavy atom. The molecule has 1 aromatic rings. The summed E-state index contributed by atoms with van der Waals surface area (Å²) >= 11 is 3.59. The maximum atomic E-state index is 6.13. The minimum absolute atomic E-state index is 0.0660. The molecule has 0 radical (unpaired) electrons. The largest absolute Gasteiger partial charge is 0.367 e. The van der Waals surface area contributed by atoms with E-state index in [9.17, 15) is 0 Å². The number of halogens is 1. The third kappa shape index (κ3) is 3.50. The molecule has 1 aromatic carbocycles. The van der Waals surface area contributed by atoms with Crippen LogP contribution in [0, 0.1) is 0 Å². The molecule has 1 aliphatic rings. The molecular weight excluding hydrogens is 302 g/mol. The molecule has 2 rings (SSSR count). The normalized spacial score (nSPS) is 23.2. The quantitative estimate of drug-likeness (QED) is 0.907. The Hall–Kier alpha value is -0.580. The fraction of sp³-hybridized carbons (Fsp3) is 0.600. The summed E-state index contributed by atoms with van der Waals surface area (Å²) in [6.07, 6.45) is 1.20. The van der Waals surface area contributed by atoms with E-state index in [1.165, 1.54) is 24.2 Å². The van der Waals surface area contributed by atoms with Crippen molar-refractivity contribution in [2.75, 3.05) is 31.6 Å². The molecule has 2 unspecified atom stereocenters. The first kappa shape index (κ1) is 14.8. The van der Waals surface area contributed by atoms with Crippen LogP contribution in [0.2, 0.25) is 0 Å². The molecule has 2 N–H and O–H groups in total. The topological polar surface area (TPSA) is 32.5 Å². The molecule has 19 heavy (non-hydrogen) atoms. The van der Waals surface area contributed by atoms with Gasteiger partial charge in [0.2, 0.25) is 0 Å². The highest BCUT2D eigenvalue weighted by atomic mass is 79.9. The van der Waals surface area contributed by atoms with Crippen molar-refractivity contribution in [3.63, 3.8) is 0 Å². The van der Waals surface area contributed by atoms with E-state index in [0.29, 0.717) is 6.04 Å². The van der Waals surface area contributed by atoms with Crippen LogP contribution in [0.3, 0.4) is 0 Å². The summed E-state index contributed by atoms with van der Waals surface area (Å²) in [5.41, 5.74) is 8.65. The average Bonchev–Trinajstić information content (AvgIpc) is 2.49. The molecule has 0 bridgehead atoms. The van der Waals surface area contributed by atoms with Gasteiger partial charge in [-0.1, -0.05) is 22.0 Å². The highest BCUT2D eigenvalue weighted by Crippen LogP contribution is 2.31. The van der Waals surface area contributed by atoms with Gasteiger partial charge in [0.15, 0.2) is 0 Å². The van der Waals surface area contributed by atoms with Gasteiger partial charge in [0.25, 0.3) is 0 Å². The highest BCUT2D eigenvalue weighted by molar-refractivity contribution is 9.10. The van der Waals surface area contributed by atoms with Crippen molar-refractivity contribution in [1.29, 1.82) is 0 Å². The van der Waals surface area contributed by atoms with Gasteiger partial charge in [0, 0.05) is 35.3 Å². The second-order valence-electron chi connectivity index (χ2n) is 5.65. The number of hydrogen-bond donors (Lipinski definition) is 1. The Labute approximate surface area is 124 Å². The number of nitrogens with zero attached hydrogens (tertiary/aromatic N) is 2. The van der Waals surface area contributed by atoms with E-state index in [4.69, 9.17) is 5.73 Å². The maximum absolute atomic E-state index is 6.13. The molecule has 0 aliphatic carbocycles. The summed E-state index contributed by atoms with van der Waals surface area (Å²) in [5.74, 6) is 0. The number of benzene rings is 1. The fourth-order valence-electron chi connectivity index (χ4n) is 2.88. The van der Waals surface area contributed by atoms with Crippen LogP contribution in [-0.2, 0) is 0 Å². The van der Waals surface area contributed by atoms with E-state index in [1.54, 1.807) is 0 Å². The number of likely N-dealkylation sites (N-methyl/N-ethyl adjacent to an activating group) is 1. The smallest absolute Gasteiger partial charge is 0.0428 e. The minimum Gasteiger partial charge on any atom is -0.367 e. The van der Waals surface area contributed by atoms with Crippen molar-refractivity contribution >= 4 is 21.6 Å². The molecule has 1 heterocycles. The monoisotopic (exact) mass is 325 g/mol. The number of rotatable bonds is 2. The Morgan fingerprint density at radius 3 is 2.79 bits per heavy atom. The third-order valence-corrected chi connectivity index (χ3v) is 4.33. The van der Waals surface area contributed by atoms with Gasteiger partial charge >= 0.3 is 0 Å². The molecule has 0 amide bonds. The summed E-state index contributed by atoms with van der Waals surface area (Å²) in [7, 11) is 2.20. The first-order valence-electron chi connectivity index (χ1n) is 6.99. The zero-order valence-corrected chi connectivity index (χ0v) is 13.7. The van der Waals surface area contributed by atoms with Crippen molar-refractivity contribution in [3.8, 4) is 0 Å². The van der Waals surface area contributed by atoms with Gasteiger partial charge in [-0.05, 0) is 51.6 Å². The van der Waals surface area contributed by atoms with Gasteiger partial charge in [-0.15, -0.1) is 0 Å². The molecule has 1 saturated heterocycles. The first-order valence-corrected chi connectivity index (χ1v) is 7.78. The van der Waals surface area contributed by atoms with Crippen molar-refractivity contribution in [2.24, 2.45) is 5.73 Å². The summed E-state index contributed by atoms with van der Waals surface area (Å²) < 4.78 is 1.12. The standard InChI is InChI=1S/C15H24BrN3/c1-11-10-18(3)7-4-8-19(11)15-9-13(16)5-6-14(15)12(2)17/h5-6,9,11-12H,4,7-8,10,17H2,1-3H3. The van der Waals surface area contributed by atoms with Crippen LogP contribution in [0.25, 0.3) is 0 Å². The maximum Gasteiger partial charge on any atom is 0.0428 e. The number of anilines is 1. The Balaban J connectivity index is 2.36. The highest BCUT2D eigenvalue weighted by Gasteiger charge is 2.22. The SMILES string of the molecule is CC(N)c1ccc(Br)cc1N1CCCN(C)CC1C. The van der Waals surface area contributed by atoms with Gasteiger partial charge in [0.1, 0.15) is 0 Å². The lowest BCUT2D eigenvalue weighted by atomic mass is 10.0. The van der Waals surface area contributed by atoms with Crippen LogP contribution in [0.4, 0.5) is 5.69 Å². The molecule has 106 valence electrons. The number of hydrogen-bond acceptors (Lipinski definition) is 3. The lowest BCUT2D eigenvalue weighted by molar-refractivity contribution is 0.337. The lowest BCUT2D eigenvalue weighted by Gasteiger charge is -2.32. The van der Waals surface area contributed by atoms with E-state index in [2.05, 4.69) is 64.8 Å². The number of nitrogens with two attached hydrogens (primary N) is 1. The predicted octanol–water partition coefficient (Wildman–Crippen LogP) is 3.00. The summed E-state index contributed by atoms with van der Waals surface area (Å²) in [4.78, 5) is 4.92. The predicted molar refractivity (Wildman–Crippen MR) is 85.7 cm³/mol. The van der Waals surface area contributed by atoms with Crippen molar-refractivity contribution in [3.05, 3.63) is 28.2 Å². The zero-order chi connectivity index (χ0) is 14.0. The minimum atomic E-state index is 0.0660. The van der Waals surface area contributed by atoms with Gasteiger partial charge in [0.05, 0.1) is 0 Å². The van der Waals surface area contributed by atoms with Crippen LogP contribution in [0.5, 0.6) is 0 Å². The second kappa shape index (κ2) is 6.25. The molecule has 3 nitrogen and oxygen atoms in total. The fourth-order valence-corrected chi connectivity index (χ4v) is 3.23. The Bertz CT molecular complexity index is 433. The van der Waals surface area contributed by atoms with Crippen LogP contribution in [-0.4, -0.2) is 37.6 Å². The van der Waals surface area contributed by atoms with E-state index in [0.717, 1.165) is 17.6 Å². The molecule has 2 atom stereocenters. The van der Waals surface area contributed by atoms with Crippen molar-refractivity contribution < 1.29 is 0 Å². The van der Waals surface area contributed by atoms with Crippen LogP contribution < -0.4 is 10.6 Å². The Kier molecular flexibility index (Phi) is 4.87. The molecule has 0 spiro atoms. The van der Waals surface area contributed by atoms with E-state index in [1.807, 2.05) is 0 Å². The van der Waals surface area contributed by atoms with Crippen LogP contribution in [0.15, 0.2) is 22.7 Å². The van der Waals surface area contributed by atoms with Crippen LogP contribution >= 0.6 is 15.9 Å². The first-order chi connectivity index (χ1) is 8.99. The van der Waals surface area contributed by atoms with Gasteiger partial charge in [-0.2, -0.15) is 0 Å². The Morgan fingerprint density at radius 2 is 2.11 bits per heavy atom.